The number of nitrogens with two attached hydrogens (primary N) is 1. The average Bonchev–Trinajstić information content (AvgIpc) is 3.44. The Balaban J connectivity index is 1.55. The van der Waals surface area contributed by atoms with E-state index in [1.54, 1.807) is 24.7 Å². The maximum Gasteiger partial charge on any atom is 0.161 e. The molecule has 0 atom stereocenters. The minimum Gasteiger partial charge on any atom is -0.397 e. The minimum absolute atomic E-state index is 0.217. The summed E-state index contributed by atoms with van der Waals surface area (Å²) >= 11 is 0. The van der Waals surface area contributed by atoms with Crippen molar-refractivity contribution in [2.75, 3.05) is 5.73 Å². The Kier molecular flexibility index (Phi) is 3.90. The minimum atomic E-state index is -0.492. The van der Waals surface area contributed by atoms with E-state index in [4.69, 9.17) is 10.7 Å². The number of pyridine rings is 4. The van der Waals surface area contributed by atoms with Gasteiger partial charge >= 0.3 is 0 Å². The third-order valence-corrected chi connectivity index (χ3v) is 5.20. The molecule has 0 aromatic carbocycles. The first-order chi connectivity index (χ1) is 15.7. The maximum absolute atomic E-state index is 15.6. The second-order valence-corrected chi connectivity index (χ2v) is 7.17. The molecule has 10 heteroatoms. The van der Waals surface area contributed by atoms with Crippen LogP contribution in [-0.2, 0) is 0 Å². The van der Waals surface area contributed by atoms with Crippen LogP contribution in [0.15, 0.2) is 61.4 Å². The van der Waals surface area contributed by atoms with Gasteiger partial charge in [-0.1, -0.05) is 0 Å². The summed E-state index contributed by atoms with van der Waals surface area (Å²) in [5.74, 6) is -0.113. The number of nitrogens with one attached hydrogen (secondary N) is 2. The van der Waals surface area contributed by atoms with E-state index in [9.17, 15) is 0 Å². The topological polar surface area (TPSA) is 135 Å². The van der Waals surface area contributed by atoms with Crippen LogP contribution < -0.4 is 5.73 Å². The van der Waals surface area contributed by atoms with Gasteiger partial charge in [0.05, 0.1) is 11.1 Å². The van der Waals surface area contributed by atoms with Crippen molar-refractivity contribution < 1.29 is 4.39 Å². The van der Waals surface area contributed by atoms with Crippen molar-refractivity contribution in [2.45, 2.75) is 0 Å². The highest BCUT2D eigenvalue weighted by Gasteiger charge is 2.21. The Morgan fingerprint density at radius 3 is 2.56 bits per heavy atom. The fourth-order valence-corrected chi connectivity index (χ4v) is 3.72. The molecule has 0 aliphatic heterocycles. The van der Waals surface area contributed by atoms with E-state index in [1.807, 2.05) is 18.2 Å². The summed E-state index contributed by atoms with van der Waals surface area (Å²) in [6.07, 6.45) is 9.58. The maximum atomic E-state index is 15.6. The highest BCUT2D eigenvalue weighted by molar-refractivity contribution is 5.96. The Morgan fingerprint density at radius 1 is 0.844 bits per heavy atom. The van der Waals surface area contributed by atoms with Crippen molar-refractivity contribution in [3.8, 4) is 33.8 Å². The molecule has 9 nitrogen and oxygen atoms in total. The van der Waals surface area contributed by atoms with Gasteiger partial charge in [0, 0.05) is 53.9 Å². The summed E-state index contributed by atoms with van der Waals surface area (Å²) in [4.78, 5) is 24.6. The van der Waals surface area contributed by atoms with Crippen LogP contribution in [-0.4, -0.2) is 40.1 Å². The first-order valence-corrected chi connectivity index (χ1v) is 9.68. The number of H-pyrrole nitrogens is 2. The van der Waals surface area contributed by atoms with E-state index in [0.717, 1.165) is 11.1 Å². The van der Waals surface area contributed by atoms with Crippen LogP contribution in [0.25, 0.3) is 56.0 Å². The summed E-state index contributed by atoms with van der Waals surface area (Å²) < 4.78 is 15.6. The first-order valence-electron chi connectivity index (χ1n) is 9.68. The van der Waals surface area contributed by atoms with E-state index in [-0.39, 0.29) is 10.9 Å². The molecule has 0 radical (unpaired) electrons. The van der Waals surface area contributed by atoms with Crippen LogP contribution in [0, 0.1) is 5.82 Å². The number of nitrogens with zero attached hydrogens (tertiary/aromatic N) is 6. The number of halogens is 1. The number of nitrogen functional groups attached to an aromatic ring is 1. The zero-order valence-corrected chi connectivity index (χ0v) is 16.4. The van der Waals surface area contributed by atoms with Gasteiger partial charge in [-0.05, 0) is 29.8 Å². The second kappa shape index (κ2) is 6.91. The standard InChI is InChI=1S/C22H14FN9/c23-17-15(12-7-13(24)9-26-8-12)10-28-20-16(17)19(31-32-20)22-29-18-14(3-6-27-21(18)30-22)11-1-4-25-5-2-11/h1-10H,24H2,(H,27,29,30)(H,28,31,32). The van der Waals surface area contributed by atoms with E-state index in [2.05, 4.69) is 35.1 Å². The van der Waals surface area contributed by atoms with E-state index >= 15 is 4.39 Å². The van der Waals surface area contributed by atoms with Gasteiger partial charge in [0.2, 0.25) is 0 Å². The van der Waals surface area contributed by atoms with Gasteiger partial charge in [-0.3, -0.25) is 15.1 Å². The monoisotopic (exact) mass is 423 g/mol. The number of imidazole rings is 1. The van der Waals surface area contributed by atoms with Crippen LogP contribution in [0.2, 0.25) is 0 Å². The lowest BCUT2D eigenvalue weighted by Gasteiger charge is -2.05. The number of aromatic amines is 2. The summed E-state index contributed by atoms with van der Waals surface area (Å²) in [6, 6.07) is 7.30. The molecule has 0 aliphatic rings. The average molecular weight is 423 g/mol. The molecular weight excluding hydrogens is 409 g/mol. The van der Waals surface area contributed by atoms with Gasteiger partial charge in [-0.2, -0.15) is 5.10 Å². The normalized spacial score (nSPS) is 11.4. The molecule has 4 N–H and O–H groups in total. The number of aromatic nitrogens is 8. The van der Waals surface area contributed by atoms with Crippen molar-refractivity contribution >= 4 is 27.9 Å². The van der Waals surface area contributed by atoms with Crippen LogP contribution in [0.3, 0.4) is 0 Å². The Labute approximate surface area is 179 Å². The first kappa shape index (κ1) is 18.1. The lowest BCUT2D eigenvalue weighted by molar-refractivity contribution is 0.642. The molecule has 6 aromatic rings. The van der Waals surface area contributed by atoms with Gasteiger partial charge in [-0.25, -0.2) is 19.3 Å². The molecular formula is C22H14FN9. The Hall–Kier alpha value is -4.73. The molecule has 0 unspecified atom stereocenters. The smallest absolute Gasteiger partial charge is 0.161 e. The predicted molar refractivity (Wildman–Crippen MR) is 118 cm³/mol. The van der Waals surface area contributed by atoms with E-state index in [0.29, 0.717) is 39.6 Å². The molecule has 6 rings (SSSR count). The molecule has 154 valence electrons. The number of rotatable bonds is 3. The van der Waals surface area contributed by atoms with E-state index < -0.39 is 5.82 Å². The van der Waals surface area contributed by atoms with Crippen LogP contribution in [0.5, 0.6) is 0 Å². The highest BCUT2D eigenvalue weighted by Crippen LogP contribution is 2.34. The lowest BCUT2D eigenvalue weighted by Crippen LogP contribution is -1.93. The quantitative estimate of drug-likeness (QED) is 0.394. The third-order valence-electron chi connectivity index (χ3n) is 5.20. The Bertz CT molecular complexity index is 1600. The molecule has 32 heavy (non-hydrogen) atoms. The third kappa shape index (κ3) is 2.77. The van der Waals surface area contributed by atoms with Crippen LogP contribution in [0.4, 0.5) is 10.1 Å². The molecule has 0 spiro atoms. The molecule has 6 heterocycles. The predicted octanol–water partition coefficient (Wildman–Crippen LogP) is 3.74. The number of fused-ring (bicyclic) bond motifs is 2. The van der Waals surface area contributed by atoms with Crippen LogP contribution in [0.1, 0.15) is 0 Å². The summed E-state index contributed by atoms with van der Waals surface area (Å²) in [6.45, 7) is 0. The van der Waals surface area contributed by atoms with Gasteiger partial charge in [-0.15, -0.1) is 0 Å². The Morgan fingerprint density at radius 2 is 1.72 bits per heavy atom. The van der Waals surface area contributed by atoms with Gasteiger partial charge in [0.1, 0.15) is 17.0 Å². The molecule has 0 aliphatic carbocycles. The summed E-state index contributed by atoms with van der Waals surface area (Å²) in [5, 5.41) is 7.27. The highest BCUT2D eigenvalue weighted by atomic mass is 19.1. The van der Waals surface area contributed by atoms with E-state index in [1.165, 1.54) is 18.6 Å². The van der Waals surface area contributed by atoms with Gasteiger partial charge in [0.15, 0.2) is 17.1 Å². The molecule has 0 fully saturated rings. The SMILES string of the molecule is Nc1cncc(-c2cnc3[nH]nc(-c4nc5c(-c6ccncc6)ccnc5[nH]4)c3c2F)c1. The van der Waals surface area contributed by atoms with Crippen molar-refractivity contribution in [1.82, 2.24) is 40.1 Å². The number of anilines is 1. The molecule has 6 aromatic heterocycles. The van der Waals surface area contributed by atoms with Crippen LogP contribution >= 0.6 is 0 Å². The fraction of sp³-hybridized carbons (Fsp3) is 0. The van der Waals surface area contributed by atoms with Crippen molar-refractivity contribution in [2.24, 2.45) is 0 Å². The number of hydrogen-bond acceptors (Lipinski definition) is 7. The lowest BCUT2D eigenvalue weighted by atomic mass is 10.1. The summed E-state index contributed by atoms with van der Waals surface area (Å²) in [7, 11) is 0. The largest absolute Gasteiger partial charge is 0.397 e. The summed E-state index contributed by atoms with van der Waals surface area (Å²) in [5.41, 5.74) is 10.7. The van der Waals surface area contributed by atoms with Crippen molar-refractivity contribution in [1.29, 1.82) is 0 Å². The van der Waals surface area contributed by atoms with Gasteiger partial charge < -0.3 is 10.7 Å². The zero-order chi connectivity index (χ0) is 21.7. The van der Waals surface area contributed by atoms with Gasteiger partial charge in [0.25, 0.3) is 0 Å². The molecule has 0 saturated heterocycles. The zero-order valence-electron chi connectivity index (χ0n) is 16.4. The molecule has 0 amide bonds. The molecule has 0 saturated carbocycles. The van der Waals surface area contributed by atoms with Crippen molar-refractivity contribution in [3.05, 3.63) is 67.3 Å². The molecule has 0 bridgehead atoms. The van der Waals surface area contributed by atoms with Crippen molar-refractivity contribution in [3.63, 3.8) is 0 Å². The number of hydrogen-bond donors (Lipinski definition) is 3. The second-order valence-electron chi connectivity index (χ2n) is 7.17. The fourth-order valence-electron chi connectivity index (χ4n) is 3.72.